The molecule has 16 heavy (non-hydrogen) atoms. The van der Waals surface area contributed by atoms with E-state index in [1.165, 1.54) is 0 Å². The summed E-state index contributed by atoms with van der Waals surface area (Å²) in [5.41, 5.74) is 7.25. The summed E-state index contributed by atoms with van der Waals surface area (Å²) in [5.74, 6) is 0.759. The summed E-state index contributed by atoms with van der Waals surface area (Å²) in [4.78, 5) is 13.7. The maximum atomic E-state index is 12.0. The molecule has 0 spiro atoms. The fourth-order valence-corrected chi connectivity index (χ4v) is 2.03. The molecule has 1 aromatic rings. The van der Waals surface area contributed by atoms with Gasteiger partial charge in [0.2, 0.25) is 0 Å². The maximum Gasteiger partial charge on any atom is 0.276 e. The van der Waals surface area contributed by atoms with Gasteiger partial charge in [0.1, 0.15) is 0 Å². The van der Waals surface area contributed by atoms with Gasteiger partial charge in [0, 0.05) is 18.8 Å². The number of nitrogens with zero attached hydrogens (tertiary/aromatic N) is 2. The number of nitrogen functional groups attached to an aromatic ring is 1. The number of carbonyl (C=O) groups is 1. The van der Waals surface area contributed by atoms with Crippen molar-refractivity contribution in [2.45, 2.75) is 19.9 Å². The summed E-state index contributed by atoms with van der Waals surface area (Å²) in [6, 6.07) is 0.166. The van der Waals surface area contributed by atoms with Crippen molar-refractivity contribution >= 4 is 23.4 Å². The highest BCUT2D eigenvalue weighted by Crippen LogP contribution is 2.16. The molecule has 1 rings (SSSR count). The minimum Gasteiger partial charge on any atom is -0.395 e. The Hall–Kier alpha value is -1.17. The normalized spacial score (nSPS) is 12.5. The lowest BCUT2D eigenvalue weighted by molar-refractivity contribution is 0.0752. The van der Waals surface area contributed by atoms with Crippen LogP contribution in [-0.2, 0) is 0 Å². The summed E-state index contributed by atoms with van der Waals surface area (Å²) >= 11 is 1.71. The lowest BCUT2D eigenvalue weighted by atomic mass is 10.2. The smallest absolute Gasteiger partial charge is 0.276 e. The van der Waals surface area contributed by atoms with Crippen LogP contribution in [0.25, 0.3) is 0 Å². The average molecular weight is 242 g/mol. The minimum atomic E-state index is -0.136. The first kappa shape index (κ1) is 12.9. The number of hydrogen-bond acceptors (Lipinski definition) is 4. The standard InChI is InChI=1S/C10H18N4OS/c1-6(5-16-4)14(3)10(15)9-8(11)7(2)12-13-9/h6H,5,11H2,1-4H3,(H,12,13). The molecule has 0 fully saturated rings. The summed E-state index contributed by atoms with van der Waals surface area (Å²) in [6.07, 6.45) is 2.02. The molecular formula is C10H18N4OS. The molecule has 6 heteroatoms. The number of nitrogens with one attached hydrogen (secondary N) is 1. The quantitative estimate of drug-likeness (QED) is 0.829. The number of hydrogen-bond donors (Lipinski definition) is 2. The summed E-state index contributed by atoms with van der Waals surface area (Å²) in [5, 5.41) is 6.65. The predicted molar refractivity (Wildman–Crippen MR) is 67.7 cm³/mol. The van der Waals surface area contributed by atoms with Crippen molar-refractivity contribution in [2.24, 2.45) is 0 Å². The topological polar surface area (TPSA) is 75.0 Å². The van der Waals surface area contributed by atoms with E-state index in [1.54, 1.807) is 30.6 Å². The molecule has 0 bridgehead atoms. The van der Waals surface area contributed by atoms with Crippen molar-refractivity contribution < 1.29 is 4.79 Å². The van der Waals surface area contributed by atoms with Crippen molar-refractivity contribution in [3.8, 4) is 0 Å². The number of carbonyl (C=O) groups excluding carboxylic acids is 1. The van der Waals surface area contributed by atoms with Gasteiger partial charge in [-0.3, -0.25) is 9.89 Å². The molecule has 0 saturated carbocycles. The van der Waals surface area contributed by atoms with Gasteiger partial charge in [0.15, 0.2) is 5.69 Å². The summed E-state index contributed by atoms with van der Waals surface area (Å²) < 4.78 is 0. The zero-order chi connectivity index (χ0) is 12.3. The number of anilines is 1. The van der Waals surface area contributed by atoms with Gasteiger partial charge >= 0.3 is 0 Å². The molecule has 0 aliphatic carbocycles. The lowest BCUT2D eigenvalue weighted by Gasteiger charge is -2.23. The molecule has 0 aromatic carbocycles. The molecule has 0 radical (unpaired) electrons. The first-order valence-corrected chi connectivity index (χ1v) is 6.45. The van der Waals surface area contributed by atoms with Gasteiger partial charge in [-0.05, 0) is 20.1 Å². The predicted octanol–water partition coefficient (Wildman–Crippen LogP) is 1.12. The minimum absolute atomic E-state index is 0.136. The second-order valence-electron chi connectivity index (χ2n) is 3.83. The second kappa shape index (κ2) is 5.25. The van der Waals surface area contributed by atoms with Crippen LogP contribution in [-0.4, -0.2) is 46.1 Å². The van der Waals surface area contributed by atoms with E-state index in [-0.39, 0.29) is 11.9 Å². The number of aryl methyl sites for hydroxylation is 1. The lowest BCUT2D eigenvalue weighted by Crippen LogP contribution is -2.37. The van der Waals surface area contributed by atoms with Crippen LogP contribution in [0.4, 0.5) is 5.69 Å². The van der Waals surface area contributed by atoms with Gasteiger partial charge in [-0.15, -0.1) is 0 Å². The highest BCUT2D eigenvalue weighted by molar-refractivity contribution is 7.98. The van der Waals surface area contributed by atoms with E-state index in [4.69, 9.17) is 5.73 Å². The van der Waals surface area contributed by atoms with Crippen molar-refractivity contribution in [3.05, 3.63) is 11.4 Å². The van der Waals surface area contributed by atoms with Crippen molar-refractivity contribution in [1.29, 1.82) is 0 Å². The van der Waals surface area contributed by atoms with Gasteiger partial charge in [-0.1, -0.05) is 0 Å². The molecule has 5 nitrogen and oxygen atoms in total. The molecule has 1 atom stereocenters. The van der Waals surface area contributed by atoms with Crippen molar-refractivity contribution in [2.75, 3.05) is 24.8 Å². The zero-order valence-corrected chi connectivity index (χ0v) is 10.9. The molecule has 1 aromatic heterocycles. The number of aromatic amines is 1. The summed E-state index contributed by atoms with van der Waals surface area (Å²) in [7, 11) is 1.77. The monoisotopic (exact) mass is 242 g/mol. The van der Waals surface area contributed by atoms with Crippen LogP contribution >= 0.6 is 11.8 Å². The number of rotatable bonds is 4. The average Bonchev–Trinajstić information content (AvgIpc) is 2.58. The Labute approximate surface area is 99.8 Å². The Morgan fingerprint density at radius 3 is 2.75 bits per heavy atom. The van der Waals surface area contributed by atoms with E-state index in [0.29, 0.717) is 11.4 Å². The Morgan fingerprint density at radius 1 is 1.69 bits per heavy atom. The second-order valence-corrected chi connectivity index (χ2v) is 4.74. The fourth-order valence-electron chi connectivity index (χ4n) is 1.32. The number of amides is 1. The highest BCUT2D eigenvalue weighted by Gasteiger charge is 2.22. The van der Waals surface area contributed by atoms with Gasteiger partial charge in [-0.2, -0.15) is 16.9 Å². The molecule has 3 N–H and O–H groups in total. The Balaban J connectivity index is 2.82. The molecule has 0 aliphatic rings. The fraction of sp³-hybridized carbons (Fsp3) is 0.600. The van der Waals surface area contributed by atoms with E-state index in [0.717, 1.165) is 11.4 Å². The van der Waals surface area contributed by atoms with E-state index in [2.05, 4.69) is 10.2 Å². The molecule has 0 aliphatic heterocycles. The van der Waals surface area contributed by atoms with E-state index >= 15 is 0 Å². The van der Waals surface area contributed by atoms with Crippen molar-refractivity contribution in [3.63, 3.8) is 0 Å². The molecule has 0 saturated heterocycles. The molecular weight excluding hydrogens is 224 g/mol. The van der Waals surface area contributed by atoms with E-state index in [1.807, 2.05) is 13.2 Å². The SMILES string of the molecule is CSCC(C)N(C)C(=O)c1n[nH]c(C)c1N. The third kappa shape index (κ3) is 2.49. The van der Waals surface area contributed by atoms with Crippen LogP contribution in [0.5, 0.6) is 0 Å². The van der Waals surface area contributed by atoms with Gasteiger partial charge in [0.05, 0.1) is 11.4 Å². The first-order valence-electron chi connectivity index (χ1n) is 5.05. The number of nitrogens with two attached hydrogens (primary N) is 1. The Bertz CT molecular complexity index is 377. The largest absolute Gasteiger partial charge is 0.395 e. The van der Waals surface area contributed by atoms with Crippen LogP contribution in [0.2, 0.25) is 0 Å². The van der Waals surface area contributed by atoms with Crippen LogP contribution in [0, 0.1) is 6.92 Å². The Morgan fingerprint density at radius 2 is 2.31 bits per heavy atom. The molecule has 1 amide bonds. The first-order chi connectivity index (χ1) is 7.49. The van der Waals surface area contributed by atoms with Gasteiger partial charge in [0.25, 0.3) is 5.91 Å². The Kier molecular flexibility index (Phi) is 4.23. The van der Waals surface area contributed by atoms with Gasteiger partial charge in [-0.25, -0.2) is 0 Å². The van der Waals surface area contributed by atoms with Crippen LogP contribution in [0.3, 0.4) is 0 Å². The zero-order valence-electron chi connectivity index (χ0n) is 10.1. The molecule has 1 heterocycles. The van der Waals surface area contributed by atoms with E-state index < -0.39 is 0 Å². The van der Waals surface area contributed by atoms with E-state index in [9.17, 15) is 4.79 Å². The number of H-pyrrole nitrogens is 1. The van der Waals surface area contributed by atoms with Crippen LogP contribution < -0.4 is 5.73 Å². The van der Waals surface area contributed by atoms with Crippen LogP contribution in [0.1, 0.15) is 23.1 Å². The van der Waals surface area contributed by atoms with Crippen molar-refractivity contribution in [1.82, 2.24) is 15.1 Å². The van der Waals surface area contributed by atoms with Crippen LogP contribution in [0.15, 0.2) is 0 Å². The third-order valence-electron chi connectivity index (χ3n) is 2.59. The summed E-state index contributed by atoms with van der Waals surface area (Å²) in [6.45, 7) is 3.80. The molecule has 90 valence electrons. The van der Waals surface area contributed by atoms with Gasteiger partial charge < -0.3 is 10.6 Å². The molecule has 1 unspecified atom stereocenters. The number of thioether (sulfide) groups is 1. The number of aromatic nitrogens is 2. The highest BCUT2D eigenvalue weighted by atomic mass is 32.2. The maximum absolute atomic E-state index is 12.0. The third-order valence-corrected chi connectivity index (χ3v) is 3.40.